The summed E-state index contributed by atoms with van der Waals surface area (Å²) in [5, 5.41) is 3.08. The maximum Gasteiger partial charge on any atom is 0.205 e. The first-order chi connectivity index (χ1) is 10.2. The smallest absolute Gasteiger partial charge is 0.205 e. The highest BCUT2D eigenvalue weighted by molar-refractivity contribution is 7.10. The van der Waals surface area contributed by atoms with E-state index in [9.17, 15) is 4.79 Å². The van der Waals surface area contributed by atoms with E-state index in [0.29, 0.717) is 18.3 Å². The van der Waals surface area contributed by atoms with Crippen LogP contribution < -0.4 is 4.90 Å². The molecule has 0 atom stereocenters. The van der Waals surface area contributed by atoms with Crippen LogP contribution in [0.2, 0.25) is 0 Å². The third-order valence-corrected chi connectivity index (χ3v) is 5.43. The van der Waals surface area contributed by atoms with Crippen molar-refractivity contribution < 1.29 is 4.79 Å². The molecule has 112 valence electrons. The van der Waals surface area contributed by atoms with Crippen LogP contribution in [0.1, 0.15) is 43.3 Å². The molecule has 1 aliphatic carbocycles. The average Bonchev–Trinajstić information content (AvgIpc) is 3.18. The van der Waals surface area contributed by atoms with E-state index in [4.69, 9.17) is 0 Å². The van der Waals surface area contributed by atoms with Crippen molar-refractivity contribution in [1.29, 1.82) is 0 Å². The number of carbonyl (C=O) groups is 1. The third-order valence-electron chi connectivity index (χ3n) is 3.78. The van der Waals surface area contributed by atoms with Crippen LogP contribution in [0, 0.1) is 0 Å². The Labute approximate surface area is 133 Å². The van der Waals surface area contributed by atoms with Crippen LogP contribution in [0.4, 0.5) is 5.13 Å². The van der Waals surface area contributed by atoms with E-state index in [2.05, 4.69) is 31.8 Å². The number of nitrogens with zero attached hydrogens (tertiary/aromatic N) is 3. The SMILES string of the molecule is CC(=O)Cc1nsc(N(Cc2cccs2)C2CCCC2)n1. The van der Waals surface area contributed by atoms with E-state index in [1.54, 1.807) is 18.3 Å². The lowest BCUT2D eigenvalue weighted by atomic mass is 10.2. The van der Waals surface area contributed by atoms with Gasteiger partial charge >= 0.3 is 0 Å². The molecule has 3 rings (SSSR count). The van der Waals surface area contributed by atoms with Crippen LogP contribution >= 0.6 is 22.9 Å². The highest BCUT2D eigenvalue weighted by Crippen LogP contribution is 2.31. The van der Waals surface area contributed by atoms with Crippen molar-refractivity contribution >= 4 is 33.8 Å². The second-order valence-electron chi connectivity index (χ2n) is 5.52. The van der Waals surface area contributed by atoms with Crippen molar-refractivity contribution in [2.24, 2.45) is 0 Å². The van der Waals surface area contributed by atoms with Gasteiger partial charge in [-0.3, -0.25) is 4.79 Å². The summed E-state index contributed by atoms with van der Waals surface area (Å²) in [5.41, 5.74) is 0. The molecule has 0 N–H and O–H groups in total. The number of hydrogen-bond donors (Lipinski definition) is 0. The van der Waals surface area contributed by atoms with E-state index < -0.39 is 0 Å². The monoisotopic (exact) mass is 321 g/mol. The van der Waals surface area contributed by atoms with Gasteiger partial charge in [-0.2, -0.15) is 4.37 Å². The van der Waals surface area contributed by atoms with Crippen molar-refractivity contribution in [1.82, 2.24) is 9.36 Å². The zero-order valence-electron chi connectivity index (χ0n) is 12.1. The Morgan fingerprint density at radius 2 is 2.24 bits per heavy atom. The molecule has 1 fully saturated rings. The Bertz CT molecular complexity index is 588. The highest BCUT2D eigenvalue weighted by atomic mass is 32.1. The van der Waals surface area contributed by atoms with Gasteiger partial charge in [0.2, 0.25) is 5.13 Å². The van der Waals surface area contributed by atoms with Gasteiger partial charge in [0.1, 0.15) is 5.78 Å². The predicted molar refractivity (Wildman–Crippen MR) is 87.1 cm³/mol. The maximum absolute atomic E-state index is 11.2. The fourth-order valence-electron chi connectivity index (χ4n) is 2.80. The first-order valence-electron chi connectivity index (χ1n) is 7.33. The number of carbonyl (C=O) groups excluding carboxylic acids is 1. The summed E-state index contributed by atoms with van der Waals surface area (Å²) in [6, 6.07) is 4.82. The minimum atomic E-state index is 0.116. The van der Waals surface area contributed by atoms with Gasteiger partial charge in [0, 0.05) is 22.5 Å². The summed E-state index contributed by atoms with van der Waals surface area (Å²) < 4.78 is 4.35. The van der Waals surface area contributed by atoms with E-state index in [1.807, 2.05) is 0 Å². The molecule has 0 saturated heterocycles. The maximum atomic E-state index is 11.2. The molecule has 0 spiro atoms. The van der Waals surface area contributed by atoms with Gasteiger partial charge in [-0.05, 0) is 31.2 Å². The van der Waals surface area contributed by atoms with Gasteiger partial charge in [0.05, 0.1) is 13.0 Å². The molecule has 4 nitrogen and oxygen atoms in total. The van der Waals surface area contributed by atoms with E-state index in [1.165, 1.54) is 42.1 Å². The van der Waals surface area contributed by atoms with E-state index in [0.717, 1.165) is 11.7 Å². The lowest BCUT2D eigenvalue weighted by Crippen LogP contribution is -2.32. The molecule has 6 heteroatoms. The van der Waals surface area contributed by atoms with Crippen molar-refractivity contribution in [3.8, 4) is 0 Å². The number of hydrogen-bond acceptors (Lipinski definition) is 6. The quantitative estimate of drug-likeness (QED) is 0.814. The van der Waals surface area contributed by atoms with Crippen molar-refractivity contribution in [2.75, 3.05) is 4.90 Å². The van der Waals surface area contributed by atoms with Crippen molar-refractivity contribution in [3.05, 3.63) is 28.2 Å². The summed E-state index contributed by atoms with van der Waals surface area (Å²) in [5.74, 6) is 0.779. The first kappa shape index (κ1) is 14.7. The minimum absolute atomic E-state index is 0.116. The van der Waals surface area contributed by atoms with Crippen LogP contribution in [0.25, 0.3) is 0 Å². The molecule has 1 aliphatic rings. The van der Waals surface area contributed by atoms with Crippen LogP contribution in [-0.2, 0) is 17.8 Å². The normalized spacial score (nSPS) is 15.5. The number of thiophene rings is 1. The topological polar surface area (TPSA) is 46.1 Å². The highest BCUT2D eigenvalue weighted by Gasteiger charge is 2.26. The molecule has 0 unspecified atom stereocenters. The number of Topliss-reactive ketones (excluding diaryl/α,β-unsaturated/α-hetero) is 1. The van der Waals surface area contributed by atoms with Crippen molar-refractivity contribution in [2.45, 2.75) is 51.6 Å². The van der Waals surface area contributed by atoms with Gasteiger partial charge in [-0.1, -0.05) is 18.9 Å². The van der Waals surface area contributed by atoms with Crippen LogP contribution in [0.5, 0.6) is 0 Å². The molecule has 0 radical (unpaired) electrons. The van der Waals surface area contributed by atoms with Gasteiger partial charge in [-0.15, -0.1) is 11.3 Å². The average molecular weight is 321 g/mol. The summed E-state index contributed by atoms with van der Waals surface area (Å²) in [7, 11) is 0. The Hall–Kier alpha value is -1.27. The zero-order chi connectivity index (χ0) is 14.7. The molecule has 1 saturated carbocycles. The lowest BCUT2D eigenvalue weighted by molar-refractivity contribution is -0.116. The molecule has 21 heavy (non-hydrogen) atoms. The zero-order valence-corrected chi connectivity index (χ0v) is 13.8. The van der Waals surface area contributed by atoms with Crippen LogP contribution in [0.15, 0.2) is 17.5 Å². The first-order valence-corrected chi connectivity index (χ1v) is 8.99. The number of anilines is 1. The fourth-order valence-corrected chi connectivity index (χ4v) is 4.25. The summed E-state index contributed by atoms with van der Waals surface area (Å²) in [4.78, 5) is 19.6. The molecular formula is C15H19N3OS2. The van der Waals surface area contributed by atoms with E-state index >= 15 is 0 Å². The number of rotatable bonds is 6. The fraction of sp³-hybridized carbons (Fsp3) is 0.533. The molecule has 2 aromatic heterocycles. The standard InChI is InChI=1S/C15H19N3OS2/c1-11(19)9-14-16-15(21-17-14)18(12-5-2-3-6-12)10-13-7-4-8-20-13/h4,7-8,12H,2-3,5-6,9-10H2,1H3. The molecule has 0 aromatic carbocycles. The summed E-state index contributed by atoms with van der Waals surface area (Å²) >= 11 is 3.21. The summed E-state index contributed by atoms with van der Waals surface area (Å²) in [6.07, 6.45) is 5.39. The third kappa shape index (κ3) is 3.68. The minimum Gasteiger partial charge on any atom is -0.339 e. The number of ketones is 1. The molecule has 2 aromatic rings. The van der Waals surface area contributed by atoms with Crippen LogP contribution in [-0.4, -0.2) is 21.2 Å². The Balaban J connectivity index is 1.80. The Morgan fingerprint density at radius 3 is 2.90 bits per heavy atom. The van der Waals surface area contributed by atoms with Crippen LogP contribution in [0.3, 0.4) is 0 Å². The number of aromatic nitrogens is 2. The summed E-state index contributed by atoms with van der Waals surface area (Å²) in [6.45, 7) is 2.48. The molecule has 0 amide bonds. The van der Waals surface area contributed by atoms with Gasteiger partial charge < -0.3 is 4.90 Å². The predicted octanol–water partition coefficient (Wildman–Crippen LogP) is 3.68. The largest absolute Gasteiger partial charge is 0.339 e. The molecular weight excluding hydrogens is 302 g/mol. The molecule has 0 bridgehead atoms. The van der Waals surface area contributed by atoms with Gasteiger partial charge in [0.25, 0.3) is 0 Å². The van der Waals surface area contributed by atoms with Crippen molar-refractivity contribution in [3.63, 3.8) is 0 Å². The van der Waals surface area contributed by atoms with E-state index in [-0.39, 0.29) is 5.78 Å². The van der Waals surface area contributed by atoms with Gasteiger partial charge in [0.15, 0.2) is 5.82 Å². The second-order valence-corrected chi connectivity index (χ2v) is 7.28. The Kier molecular flexibility index (Phi) is 4.65. The molecule has 0 aliphatic heterocycles. The lowest BCUT2D eigenvalue weighted by Gasteiger charge is -2.27. The Morgan fingerprint density at radius 1 is 1.43 bits per heavy atom. The molecule has 2 heterocycles. The van der Waals surface area contributed by atoms with Gasteiger partial charge in [-0.25, -0.2) is 4.98 Å². The second kappa shape index (κ2) is 6.66.